The topological polar surface area (TPSA) is 40.9 Å². The van der Waals surface area contributed by atoms with Gasteiger partial charge in [-0.05, 0) is 35.9 Å². The summed E-state index contributed by atoms with van der Waals surface area (Å²) in [6, 6.07) is 13.0. The Morgan fingerprint density at radius 2 is 1.71 bits per heavy atom. The first-order valence-electron chi connectivity index (χ1n) is 6.68. The quantitative estimate of drug-likeness (QED) is 0.755. The van der Waals surface area contributed by atoms with Crippen LogP contribution >= 0.6 is 0 Å². The second kappa shape index (κ2) is 5.49. The zero-order valence-corrected chi connectivity index (χ0v) is 12.3. The molecule has 2 aromatic carbocycles. The summed E-state index contributed by atoms with van der Waals surface area (Å²) >= 11 is 0. The third kappa shape index (κ3) is 3.17. The van der Waals surface area contributed by atoms with Crippen LogP contribution in [0.3, 0.4) is 0 Å². The Bertz CT molecular complexity index is 718. The van der Waals surface area contributed by atoms with Gasteiger partial charge in [0.2, 0.25) is 0 Å². The average molecular weight is 281 g/mol. The van der Waals surface area contributed by atoms with E-state index in [9.17, 15) is 9.18 Å². The molecule has 0 saturated heterocycles. The minimum atomic E-state index is -0.514. The average Bonchev–Trinajstić information content (AvgIpc) is 2.46. The fourth-order valence-corrected chi connectivity index (χ4v) is 2.05. The Hall–Kier alpha value is -2.47. The third-order valence-electron chi connectivity index (χ3n) is 3.23. The highest BCUT2D eigenvalue weighted by Gasteiger charge is 2.23. The van der Waals surface area contributed by atoms with Crippen LogP contribution in [0.2, 0.25) is 0 Å². The molecule has 0 bridgehead atoms. The highest BCUT2D eigenvalue weighted by atomic mass is 19.1. The molecule has 0 aliphatic carbocycles. The smallest absolute Gasteiger partial charge is 0.168 e. The van der Waals surface area contributed by atoms with Crippen LogP contribution in [0.25, 0.3) is 11.1 Å². The molecule has 0 aliphatic rings. The molecule has 2 aromatic rings. The van der Waals surface area contributed by atoms with Crippen LogP contribution in [0.1, 0.15) is 36.7 Å². The van der Waals surface area contributed by atoms with E-state index in [-0.39, 0.29) is 11.6 Å². The number of nitrogens with zero attached hydrogens (tertiary/aromatic N) is 1. The molecule has 0 radical (unpaired) electrons. The van der Waals surface area contributed by atoms with Crippen LogP contribution in [0, 0.1) is 22.6 Å². The zero-order chi connectivity index (χ0) is 15.6. The van der Waals surface area contributed by atoms with Crippen LogP contribution < -0.4 is 0 Å². The largest absolute Gasteiger partial charge is 0.294 e. The van der Waals surface area contributed by atoms with Crippen molar-refractivity contribution in [2.45, 2.75) is 20.8 Å². The van der Waals surface area contributed by atoms with Crippen molar-refractivity contribution < 1.29 is 9.18 Å². The second-order valence-corrected chi connectivity index (χ2v) is 5.96. The first-order chi connectivity index (χ1) is 9.82. The van der Waals surface area contributed by atoms with Crippen molar-refractivity contribution >= 4 is 5.78 Å². The van der Waals surface area contributed by atoms with Crippen molar-refractivity contribution in [1.29, 1.82) is 5.26 Å². The van der Waals surface area contributed by atoms with Gasteiger partial charge in [-0.1, -0.05) is 32.9 Å². The maximum absolute atomic E-state index is 14.0. The van der Waals surface area contributed by atoms with E-state index in [0.29, 0.717) is 22.3 Å². The Labute approximate surface area is 123 Å². The molecule has 2 nitrogen and oxygen atoms in total. The van der Waals surface area contributed by atoms with Gasteiger partial charge in [0.25, 0.3) is 0 Å². The van der Waals surface area contributed by atoms with Gasteiger partial charge in [-0.25, -0.2) is 4.39 Å². The summed E-state index contributed by atoms with van der Waals surface area (Å²) in [6.45, 7) is 5.50. The van der Waals surface area contributed by atoms with Crippen LogP contribution in [-0.2, 0) is 0 Å². The van der Waals surface area contributed by atoms with Gasteiger partial charge < -0.3 is 0 Å². The van der Waals surface area contributed by atoms with Crippen molar-refractivity contribution in [1.82, 2.24) is 0 Å². The zero-order valence-electron chi connectivity index (χ0n) is 12.3. The molecule has 0 aromatic heterocycles. The van der Waals surface area contributed by atoms with Crippen molar-refractivity contribution in [3.63, 3.8) is 0 Å². The van der Waals surface area contributed by atoms with Gasteiger partial charge in [-0.2, -0.15) is 5.26 Å². The number of carbonyl (C=O) groups excluding carboxylic acids is 1. The maximum atomic E-state index is 14.0. The van der Waals surface area contributed by atoms with E-state index in [1.165, 1.54) is 12.1 Å². The minimum Gasteiger partial charge on any atom is -0.294 e. The molecule has 0 atom stereocenters. The Kier molecular flexibility index (Phi) is 3.90. The molecule has 0 heterocycles. The van der Waals surface area contributed by atoms with E-state index in [1.54, 1.807) is 30.3 Å². The summed E-state index contributed by atoms with van der Waals surface area (Å²) < 4.78 is 14.0. The van der Waals surface area contributed by atoms with E-state index >= 15 is 0 Å². The molecule has 0 N–H and O–H groups in total. The minimum absolute atomic E-state index is 0.0302. The van der Waals surface area contributed by atoms with Gasteiger partial charge in [-0.3, -0.25) is 4.79 Å². The Morgan fingerprint density at radius 3 is 2.24 bits per heavy atom. The normalized spacial score (nSPS) is 11.0. The molecule has 0 amide bonds. The van der Waals surface area contributed by atoms with E-state index in [0.717, 1.165) is 0 Å². The van der Waals surface area contributed by atoms with Crippen LogP contribution in [-0.4, -0.2) is 5.78 Å². The van der Waals surface area contributed by atoms with Gasteiger partial charge in [0.1, 0.15) is 5.82 Å². The lowest BCUT2D eigenvalue weighted by Gasteiger charge is -2.17. The van der Waals surface area contributed by atoms with E-state index in [4.69, 9.17) is 5.26 Å². The summed E-state index contributed by atoms with van der Waals surface area (Å²) in [4.78, 5) is 12.3. The highest BCUT2D eigenvalue weighted by Crippen LogP contribution is 2.27. The molecule has 0 saturated carbocycles. The first kappa shape index (κ1) is 14.9. The number of nitriles is 1. The van der Waals surface area contributed by atoms with E-state index in [2.05, 4.69) is 0 Å². The van der Waals surface area contributed by atoms with Gasteiger partial charge in [0.05, 0.1) is 11.6 Å². The Morgan fingerprint density at radius 1 is 1.10 bits per heavy atom. The first-order valence-corrected chi connectivity index (χ1v) is 6.68. The molecule has 0 fully saturated rings. The van der Waals surface area contributed by atoms with Crippen molar-refractivity contribution in [2.24, 2.45) is 5.41 Å². The molecule has 106 valence electrons. The molecule has 21 heavy (non-hydrogen) atoms. The molecule has 2 rings (SSSR count). The van der Waals surface area contributed by atoms with Gasteiger partial charge in [0.15, 0.2) is 5.78 Å². The summed E-state index contributed by atoms with van der Waals surface area (Å²) in [5.74, 6) is -0.414. The predicted molar refractivity (Wildman–Crippen MR) is 80.3 cm³/mol. The number of benzene rings is 2. The predicted octanol–water partition coefficient (Wildman–Crippen LogP) is 4.59. The van der Waals surface area contributed by atoms with E-state index in [1.807, 2.05) is 26.8 Å². The summed E-state index contributed by atoms with van der Waals surface area (Å²) in [5, 5.41) is 8.79. The second-order valence-electron chi connectivity index (χ2n) is 5.96. The van der Waals surface area contributed by atoms with Gasteiger partial charge >= 0.3 is 0 Å². The van der Waals surface area contributed by atoms with E-state index < -0.39 is 5.41 Å². The third-order valence-corrected chi connectivity index (χ3v) is 3.23. The maximum Gasteiger partial charge on any atom is 0.168 e. The summed E-state index contributed by atoms with van der Waals surface area (Å²) in [6.07, 6.45) is 0. The molecular weight excluding hydrogens is 265 g/mol. The number of hydrogen-bond acceptors (Lipinski definition) is 2. The number of halogens is 1. The molecule has 0 unspecified atom stereocenters. The van der Waals surface area contributed by atoms with Gasteiger partial charge in [0, 0.05) is 16.5 Å². The van der Waals surface area contributed by atoms with Crippen LogP contribution in [0.4, 0.5) is 4.39 Å². The fourth-order valence-electron chi connectivity index (χ4n) is 2.05. The van der Waals surface area contributed by atoms with Crippen LogP contribution in [0.5, 0.6) is 0 Å². The molecule has 0 spiro atoms. The SMILES string of the molecule is CC(C)(C)C(=O)c1ccc(F)c(-c2ccc(C#N)cc2)c1. The monoisotopic (exact) mass is 281 g/mol. The van der Waals surface area contributed by atoms with Crippen molar-refractivity contribution in [2.75, 3.05) is 0 Å². The summed E-state index contributed by atoms with van der Waals surface area (Å²) in [7, 11) is 0. The molecule has 3 heteroatoms. The lowest BCUT2D eigenvalue weighted by Crippen LogP contribution is -2.20. The lowest BCUT2D eigenvalue weighted by molar-refractivity contribution is 0.0858. The summed E-state index contributed by atoms with van der Waals surface area (Å²) in [5.41, 5.74) is 1.51. The number of carbonyl (C=O) groups is 1. The number of rotatable bonds is 2. The highest BCUT2D eigenvalue weighted by molar-refractivity contribution is 6.00. The molecular formula is C18H16FNO. The number of ketones is 1. The molecule has 0 aliphatic heterocycles. The lowest BCUT2D eigenvalue weighted by atomic mass is 9.85. The van der Waals surface area contributed by atoms with Crippen molar-refractivity contribution in [3.8, 4) is 17.2 Å². The Balaban J connectivity index is 2.49. The fraction of sp³-hybridized carbons (Fsp3) is 0.222. The number of Topliss-reactive ketones (excluding diaryl/α,β-unsaturated/α-hetero) is 1. The van der Waals surface area contributed by atoms with Crippen molar-refractivity contribution in [3.05, 3.63) is 59.4 Å². The van der Waals surface area contributed by atoms with Gasteiger partial charge in [-0.15, -0.1) is 0 Å². The number of hydrogen-bond donors (Lipinski definition) is 0. The standard InChI is InChI=1S/C18H16FNO/c1-18(2,3)17(21)14-8-9-16(19)15(10-14)13-6-4-12(11-20)5-7-13/h4-10H,1-3H3. The van der Waals surface area contributed by atoms with Crippen LogP contribution in [0.15, 0.2) is 42.5 Å².